The van der Waals surface area contributed by atoms with Gasteiger partial charge < -0.3 is 14.7 Å². The normalized spacial score (nSPS) is 16.8. The first-order valence-corrected chi connectivity index (χ1v) is 14.3. The summed E-state index contributed by atoms with van der Waals surface area (Å²) in [5.41, 5.74) is 2.73. The van der Waals surface area contributed by atoms with Gasteiger partial charge in [-0.25, -0.2) is 4.68 Å². The van der Waals surface area contributed by atoms with Crippen LogP contribution >= 0.6 is 23.2 Å². The Balaban J connectivity index is 1.42. The number of hydrogen-bond acceptors (Lipinski definition) is 5. The number of hydrogen-bond donors (Lipinski definition) is 1. The molecular weight excluding hydrogens is 545 g/mol. The molecule has 2 atom stereocenters. The zero-order valence-electron chi connectivity index (χ0n) is 22.4. The van der Waals surface area contributed by atoms with Gasteiger partial charge in [0.25, 0.3) is 0 Å². The van der Waals surface area contributed by atoms with Gasteiger partial charge in [-0.2, -0.15) is 5.10 Å². The number of halogens is 2. The fourth-order valence-corrected chi connectivity index (χ4v) is 5.89. The van der Waals surface area contributed by atoms with E-state index in [1.807, 2.05) is 83.5 Å². The standard InChI is InChI=1S/C32H33Cl2N3O3/c1-23(38)40-31(30-14-18-35-37(30)26-10-6-3-7-11-26)27(24-12-13-28(33)29(34)22-24)15-19-36-20-16-32(39,17-21-36)25-8-4-2-5-9-25/h2-14,18,22,27,31,39H,15-17,19-21H2,1H3/t27-,31-/m0/s1. The molecule has 0 amide bonds. The molecule has 0 radical (unpaired) electrons. The number of ether oxygens (including phenoxy) is 1. The Morgan fingerprint density at radius 1 is 0.975 bits per heavy atom. The van der Waals surface area contributed by atoms with E-state index in [2.05, 4.69) is 10.00 Å². The maximum atomic E-state index is 12.4. The number of rotatable bonds is 9. The molecule has 0 unspecified atom stereocenters. The summed E-state index contributed by atoms with van der Waals surface area (Å²) >= 11 is 12.7. The maximum Gasteiger partial charge on any atom is 0.303 e. The first kappa shape index (κ1) is 28.4. The molecule has 1 N–H and O–H groups in total. The average molecular weight is 579 g/mol. The van der Waals surface area contributed by atoms with Gasteiger partial charge in [0, 0.05) is 32.1 Å². The van der Waals surface area contributed by atoms with Crippen molar-refractivity contribution in [1.29, 1.82) is 0 Å². The molecule has 1 fully saturated rings. The zero-order valence-corrected chi connectivity index (χ0v) is 23.9. The molecule has 1 aliphatic heterocycles. The zero-order chi connectivity index (χ0) is 28.1. The quantitative estimate of drug-likeness (QED) is 0.218. The number of esters is 1. The molecule has 40 heavy (non-hydrogen) atoms. The van der Waals surface area contributed by atoms with Crippen LogP contribution in [0.3, 0.4) is 0 Å². The Hall–Kier alpha value is -3.16. The summed E-state index contributed by atoms with van der Waals surface area (Å²) in [6.07, 6.45) is 3.12. The lowest BCUT2D eigenvalue weighted by molar-refractivity contribution is -0.148. The fraction of sp³-hybridized carbons (Fsp3) is 0.312. The molecule has 0 saturated carbocycles. The molecule has 208 valence electrons. The number of aromatic nitrogens is 2. The molecule has 5 rings (SSSR count). The molecule has 0 aliphatic carbocycles. The Labute approximate surface area is 245 Å². The third-order valence-electron chi connectivity index (χ3n) is 7.75. The Morgan fingerprint density at radius 2 is 1.65 bits per heavy atom. The smallest absolute Gasteiger partial charge is 0.303 e. The van der Waals surface area contributed by atoms with Crippen LogP contribution in [-0.4, -0.2) is 45.4 Å². The summed E-state index contributed by atoms with van der Waals surface area (Å²) in [5, 5.41) is 16.8. The van der Waals surface area contributed by atoms with Gasteiger partial charge in [-0.05, 0) is 67.3 Å². The van der Waals surface area contributed by atoms with Crippen LogP contribution in [0, 0.1) is 0 Å². The van der Waals surface area contributed by atoms with E-state index in [0.29, 0.717) is 29.3 Å². The molecule has 8 heteroatoms. The van der Waals surface area contributed by atoms with Crippen LogP contribution in [0.25, 0.3) is 5.69 Å². The summed E-state index contributed by atoms with van der Waals surface area (Å²) < 4.78 is 7.86. The predicted octanol–water partition coefficient (Wildman–Crippen LogP) is 6.94. The van der Waals surface area contributed by atoms with Crippen molar-refractivity contribution in [3.8, 4) is 5.69 Å². The summed E-state index contributed by atoms with van der Waals surface area (Å²) in [6.45, 7) is 3.71. The van der Waals surface area contributed by atoms with Crippen molar-refractivity contribution in [2.24, 2.45) is 0 Å². The van der Waals surface area contributed by atoms with Crippen LogP contribution < -0.4 is 0 Å². The number of aliphatic hydroxyl groups is 1. The number of likely N-dealkylation sites (tertiary alicyclic amines) is 1. The van der Waals surface area contributed by atoms with E-state index in [0.717, 1.165) is 42.1 Å². The highest BCUT2D eigenvalue weighted by Gasteiger charge is 2.35. The largest absolute Gasteiger partial charge is 0.455 e. The molecular formula is C32H33Cl2N3O3. The lowest BCUT2D eigenvalue weighted by Crippen LogP contribution is -2.43. The third-order valence-corrected chi connectivity index (χ3v) is 8.48. The molecule has 0 spiro atoms. The number of carbonyl (C=O) groups excluding carboxylic acids is 1. The van der Waals surface area contributed by atoms with Crippen molar-refractivity contribution in [3.05, 3.63) is 118 Å². The van der Waals surface area contributed by atoms with Crippen LogP contribution in [0.15, 0.2) is 91.1 Å². The first-order valence-electron chi connectivity index (χ1n) is 13.6. The Kier molecular flexibility index (Phi) is 8.91. The van der Waals surface area contributed by atoms with Gasteiger partial charge in [-0.3, -0.25) is 4.79 Å². The number of nitrogens with zero attached hydrogens (tertiary/aromatic N) is 3. The van der Waals surface area contributed by atoms with E-state index in [4.69, 9.17) is 27.9 Å². The highest BCUT2D eigenvalue weighted by molar-refractivity contribution is 6.42. The summed E-state index contributed by atoms with van der Waals surface area (Å²) in [4.78, 5) is 14.8. The van der Waals surface area contributed by atoms with E-state index >= 15 is 0 Å². The van der Waals surface area contributed by atoms with E-state index < -0.39 is 11.7 Å². The molecule has 3 aromatic carbocycles. The van der Waals surface area contributed by atoms with Gasteiger partial charge in [0.1, 0.15) is 0 Å². The fourth-order valence-electron chi connectivity index (χ4n) is 5.58. The number of benzene rings is 3. The van der Waals surface area contributed by atoms with Gasteiger partial charge in [-0.15, -0.1) is 0 Å². The number of carbonyl (C=O) groups is 1. The van der Waals surface area contributed by atoms with Crippen molar-refractivity contribution in [2.75, 3.05) is 19.6 Å². The predicted molar refractivity (Wildman–Crippen MR) is 158 cm³/mol. The molecule has 1 aromatic heterocycles. The third kappa shape index (κ3) is 6.42. The molecule has 1 saturated heterocycles. The average Bonchev–Trinajstić information content (AvgIpc) is 3.46. The van der Waals surface area contributed by atoms with Crippen molar-refractivity contribution >= 4 is 29.2 Å². The molecule has 6 nitrogen and oxygen atoms in total. The van der Waals surface area contributed by atoms with Gasteiger partial charge in [0.15, 0.2) is 6.10 Å². The van der Waals surface area contributed by atoms with Crippen LogP contribution in [-0.2, 0) is 15.1 Å². The van der Waals surface area contributed by atoms with Gasteiger partial charge >= 0.3 is 5.97 Å². The van der Waals surface area contributed by atoms with Crippen LogP contribution in [0.4, 0.5) is 0 Å². The SMILES string of the molecule is CC(=O)O[C@H](c1ccnn1-c1ccccc1)[C@@H](CCN1CCC(O)(c2ccccc2)CC1)c1ccc(Cl)c(Cl)c1. The minimum Gasteiger partial charge on any atom is -0.455 e. The first-order chi connectivity index (χ1) is 19.3. The molecule has 2 heterocycles. The Morgan fingerprint density at radius 3 is 2.30 bits per heavy atom. The van der Waals surface area contributed by atoms with Crippen LogP contribution in [0.2, 0.25) is 10.0 Å². The van der Waals surface area contributed by atoms with E-state index in [-0.39, 0.29) is 11.9 Å². The topological polar surface area (TPSA) is 67.6 Å². The second-order valence-electron chi connectivity index (χ2n) is 10.3. The molecule has 1 aliphatic rings. The van der Waals surface area contributed by atoms with Crippen molar-refractivity contribution in [2.45, 2.75) is 43.8 Å². The number of piperidine rings is 1. The summed E-state index contributed by atoms with van der Waals surface area (Å²) in [5.74, 6) is -0.588. The minimum absolute atomic E-state index is 0.215. The number of para-hydroxylation sites is 1. The maximum absolute atomic E-state index is 12.4. The summed E-state index contributed by atoms with van der Waals surface area (Å²) in [6, 6.07) is 27.2. The highest BCUT2D eigenvalue weighted by atomic mass is 35.5. The lowest BCUT2D eigenvalue weighted by atomic mass is 9.84. The van der Waals surface area contributed by atoms with Crippen molar-refractivity contribution < 1.29 is 14.6 Å². The minimum atomic E-state index is -0.816. The second-order valence-corrected chi connectivity index (χ2v) is 11.2. The molecule has 4 aromatic rings. The summed E-state index contributed by atoms with van der Waals surface area (Å²) in [7, 11) is 0. The second kappa shape index (κ2) is 12.6. The van der Waals surface area contributed by atoms with Crippen molar-refractivity contribution in [1.82, 2.24) is 14.7 Å². The van der Waals surface area contributed by atoms with Gasteiger partial charge in [0.2, 0.25) is 0 Å². The van der Waals surface area contributed by atoms with E-state index in [9.17, 15) is 9.90 Å². The van der Waals surface area contributed by atoms with E-state index in [1.165, 1.54) is 6.92 Å². The molecule has 0 bridgehead atoms. The Bertz CT molecular complexity index is 1420. The van der Waals surface area contributed by atoms with Crippen LogP contribution in [0.5, 0.6) is 0 Å². The van der Waals surface area contributed by atoms with Gasteiger partial charge in [-0.1, -0.05) is 77.8 Å². The van der Waals surface area contributed by atoms with Gasteiger partial charge in [0.05, 0.1) is 27.0 Å². The van der Waals surface area contributed by atoms with Crippen molar-refractivity contribution in [3.63, 3.8) is 0 Å². The monoisotopic (exact) mass is 577 g/mol. The van der Waals surface area contributed by atoms with Crippen LogP contribution in [0.1, 0.15) is 55.0 Å². The van der Waals surface area contributed by atoms with E-state index in [1.54, 1.807) is 12.3 Å². The lowest BCUT2D eigenvalue weighted by Gasteiger charge is -2.39. The highest BCUT2D eigenvalue weighted by Crippen LogP contribution is 2.40.